The summed E-state index contributed by atoms with van der Waals surface area (Å²) in [7, 11) is 0. The second-order valence-corrected chi connectivity index (χ2v) is 11.5. The molecular weight excluding hydrogens is 855 g/mol. The second kappa shape index (κ2) is 40.3. The molecule has 14 heteroatoms. The zero-order valence-electron chi connectivity index (χ0n) is 31.9. The Kier molecular flexibility index (Phi) is 54.9. The largest absolute Gasteiger partial charge is 0.542 e. The molecule has 0 saturated heterocycles. The van der Waals surface area contributed by atoms with Gasteiger partial charge in [-0.05, 0) is 36.5 Å². The molecule has 0 aliphatic heterocycles. The average molecular weight is 916 g/mol. The molecule has 0 saturated carbocycles. The number of nitrogens with two attached hydrogens (primary N) is 1. The first-order valence-corrected chi connectivity index (χ1v) is 14.4. The van der Waals surface area contributed by atoms with Crippen LogP contribution >= 0.6 is 0 Å². The third kappa shape index (κ3) is 38.6. The summed E-state index contributed by atoms with van der Waals surface area (Å²) in [6.45, 7) is 17.3. The second-order valence-electron chi connectivity index (χ2n) is 11.5. The third-order valence-electron chi connectivity index (χ3n) is 5.38. The fraction of sp³-hybridized carbons (Fsp3) is 0.543. The van der Waals surface area contributed by atoms with E-state index in [9.17, 15) is 28.8 Å². The molecule has 0 spiro atoms. The van der Waals surface area contributed by atoms with Gasteiger partial charge in [0.25, 0.3) is 0 Å². The van der Waals surface area contributed by atoms with Gasteiger partial charge in [0, 0.05) is 123 Å². The number of carbonyl (C=O) groups is 4. The van der Waals surface area contributed by atoms with Gasteiger partial charge in [-0.25, -0.2) is 4.79 Å². The summed E-state index contributed by atoms with van der Waals surface area (Å²) in [4.78, 5) is 68.3. The fourth-order valence-corrected chi connectivity index (χ4v) is 3.19. The summed E-state index contributed by atoms with van der Waals surface area (Å²) in [5.74, 6) is -0.485. The van der Waals surface area contributed by atoms with Gasteiger partial charge in [-0.2, -0.15) is 27.2 Å². The molecule has 4 amide bonds. The Bertz CT molecular complexity index is 991. The molecule has 3 radical (unpaired) electrons. The van der Waals surface area contributed by atoms with Crippen LogP contribution in [0.3, 0.4) is 0 Å². The first kappa shape index (κ1) is 66.8. The number of ether oxygens (including phenoxy) is 1. The van der Waals surface area contributed by atoms with Crippen LogP contribution in [0.1, 0.15) is 87.1 Å². The maximum atomic E-state index is 13.0. The number of ketones is 1. The molecule has 0 aliphatic carbocycles. The number of Topliss-reactive ketones (excluding diaryl/α,β-unsaturated/α-hetero) is 1. The smallest absolute Gasteiger partial charge is 0.312 e. The van der Waals surface area contributed by atoms with Gasteiger partial charge >= 0.3 is 12.0 Å². The molecule has 0 aliphatic rings. The average Bonchev–Trinajstić information content (AvgIpc) is 2.92. The van der Waals surface area contributed by atoms with E-state index >= 15 is 0 Å². The van der Waals surface area contributed by atoms with Crippen LogP contribution in [-0.2, 0) is 133 Å². The predicted molar refractivity (Wildman–Crippen MR) is 187 cm³/mol. The summed E-state index contributed by atoms with van der Waals surface area (Å²) in [5.41, 5.74) is 6.36. The van der Waals surface area contributed by atoms with Crippen LogP contribution in [0.2, 0.25) is 0 Å². The fourth-order valence-electron chi connectivity index (χ4n) is 3.19. The van der Waals surface area contributed by atoms with Gasteiger partial charge in [0.05, 0.1) is 12.0 Å². The molecule has 0 fully saturated rings. The Hall–Kier alpha value is -0.448. The summed E-state index contributed by atoms with van der Waals surface area (Å²) in [5, 5.41) is 7.65. The van der Waals surface area contributed by atoms with Crippen molar-refractivity contribution < 1.29 is 132 Å². The van der Waals surface area contributed by atoms with E-state index in [1.54, 1.807) is 78.5 Å². The van der Waals surface area contributed by atoms with Gasteiger partial charge in [-0.3, -0.25) is 20.7 Å². The topological polar surface area (TPSA) is 174 Å². The molecule has 0 bridgehead atoms. The molecule has 5 N–H and O–H groups in total. The number of urea groups is 1. The molecule has 2 atom stereocenters. The third-order valence-corrected chi connectivity index (χ3v) is 5.38. The van der Waals surface area contributed by atoms with Crippen molar-refractivity contribution in [3.63, 3.8) is 0 Å². The van der Waals surface area contributed by atoms with E-state index in [-0.39, 0.29) is 175 Å². The Morgan fingerprint density at radius 1 is 0.878 bits per heavy atom. The van der Waals surface area contributed by atoms with Crippen molar-refractivity contribution in [3.8, 4) is 0 Å². The predicted octanol–water partition coefficient (Wildman–Crippen LogP) is 5.75. The molecule has 1 aromatic carbocycles. The number of carbonyl (C=O) groups excluding carboxylic acids is 6. The molecule has 0 unspecified atom stereocenters. The van der Waals surface area contributed by atoms with Crippen LogP contribution in [0.25, 0.3) is 0 Å². The molecule has 1 aromatic rings. The Morgan fingerprint density at radius 3 is 1.71 bits per heavy atom. The molecule has 1 rings (SSSR count). The summed E-state index contributed by atoms with van der Waals surface area (Å²) in [6.07, 6.45) is 4.02. The number of rotatable bonds is 16. The van der Waals surface area contributed by atoms with E-state index in [1.165, 1.54) is 5.92 Å². The molecule has 11 nitrogen and oxygen atoms in total. The van der Waals surface area contributed by atoms with Gasteiger partial charge in [-0.15, -0.1) is 5.92 Å². The van der Waals surface area contributed by atoms with Crippen LogP contribution in [0, 0.1) is 51.9 Å². The maximum Gasteiger partial charge on any atom is 0.312 e. The normalized spacial score (nSPS) is 10.3. The first-order valence-electron chi connectivity index (χ1n) is 14.4. The number of benzene rings is 1. The van der Waals surface area contributed by atoms with Gasteiger partial charge in [-0.1, -0.05) is 53.7 Å². The van der Waals surface area contributed by atoms with E-state index in [0.29, 0.717) is 18.5 Å². The van der Waals surface area contributed by atoms with Crippen LogP contribution in [0.5, 0.6) is 0 Å². The number of nitrogens with one attached hydrogen (secondary N) is 3. The molecule has 49 heavy (non-hydrogen) atoms. The number of hydrogen-bond acceptors (Lipinski definition) is 7. The standard InChI is InChI=1S/C24H35N4O6.C4H7O.C4H9.3CH3.3Y/c1-15(2)21(27-14-29)20(30)12-18(6-5-11-26-24(25)33)22(31)28-19-9-7-17(8-10-19)13-34-23(32)16(3)4;1-4(2)3-5;1-4(2)3;;;;;;/h7-10,15-16,18,21H,5-6,11-13H2,1-4H3,(H,27,29)(H,28,31)(H3,25,26,33);4H,1-2H3;1-3H3;3*1H3;;;/q6*-1;;;/t18-,21+;;;;;;;;/m1......../s1. The SMILES string of the molecule is CC(C)C(=O)OCc1ccc(NC(=O)[C@H](CCCNC(N)=O)CC(=O)[C@@H](N[C-]=O)C(C)C)cc1.CC(C)[C-]=O.C[C-](C)C.[CH3-].[CH3-].[CH3-].[Y].[Y].[Y]. The minimum Gasteiger partial charge on any atom is -0.542 e. The quantitative estimate of drug-likeness (QED) is 0.0708. The van der Waals surface area contributed by atoms with Gasteiger partial charge < -0.3 is 64.2 Å². The maximum absolute atomic E-state index is 13.0. The number of esters is 1. The van der Waals surface area contributed by atoms with E-state index < -0.39 is 18.0 Å². The van der Waals surface area contributed by atoms with Gasteiger partial charge in [0.1, 0.15) is 6.61 Å². The van der Waals surface area contributed by atoms with Crippen molar-refractivity contribution in [2.45, 2.75) is 94.2 Å². The van der Waals surface area contributed by atoms with E-state index in [2.05, 4.69) is 36.7 Å². The van der Waals surface area contributed by atoms with E-state index in [1.807, 2.05) is 0 Å². The van der Waals surface area contributed by atoms with Crippen molar-refractivity contribution in [2.24, 2.45) is 29.4 Å². The number of primary amides is 1. The molecule has 0 heterocycles. The number of hydrogen-bond donors (Lipinski definition) is 4. The van der Waals surface area contributed by atoms with Crippen molar-refractivity contribution >= 4 is 42.1 Å². The minimum atomic E-state index is -0.746. The van der Waals surface area contributed by atoms with E-state index in [0.717, 1.165) is 5.56 Å². The van der Waals surface area contributed by atoms with Gasteiger partial charge in [0.15, 0.2) is 5.78 Å². The zero-order chi connectivity index (χ0) is 33.5. The van der Waals surface area contributed by atoms with Crippen LogP contribution in [-0.4, -0.2) is 49.0 Å². The Labute approximate surface area is 373 Å². The van der Waals surface area contributed by atoms with Crippen molar-refractivity contribution in [2.75, 3.05) is 11.9 Å². The van der Waals surface area contributed by atoms with Crippen LogP contribution in [0.4, 0.5) is 10.5 Å². The number of anilines is 1. The number of amides is 4. The van der Waals surface area contributed by atoms with Crippen LogP contribution in [0.15, 0.2) is 24.3 Å². The molecular formula is C35H60N4O7Y3-6. The van der Waals surface area contributed by atoms with E-state index in [4.69, 9.17) is 10.5 Å². The van der Waals surface area contributed by atoms with Crippen molar-refractivity contribution in [1.29, 1.82) is 0 Å². The van der Waals surface area contributed by atoms with Crippen molar-refractivity contribution in [1.82, 2.24) is 10.6 Å². The summed E-state index contributed by atoms with van der Waals surface area (Å²) < 4.78 is 5.19. The monoisotopic (exact) mass is 915 g/mol. The van der Waals surface area contributed by atoms with Crippen LogP contribution < -0.4 is 21.7 Å². The molecule has 0 aromatic heterocycles. The summed E-state index contributed by atoms with van der Waals surface area (Å²) >= 11 is 0. The van der Waals surface area contributed by atoms with Gasteiger partial charge in [0.2, 0.25) is 5.91 Å². The first-order chi connectivity index (χ1) is 20.0. The molecule has 277 valence electrons. The Morgan fingerprint density at radius 2 is 1.35 bits per heavy atom. The Balaban J connectivity index is -0.000000166. The minimum absolute atomic E-state index is 0. The summed E-state index contributed by atoms with van der Waals surface area (Å²) in [6, 6.07) is 5.43. The zero-order valence-corrected chi connectivity index (χ0v) is 40.4. The van der Waals surface area contributed by atoms with Crippen molar-refractivity contribution in [3.05, 3.63) is 58.0 Å².